The van der Waals surface area contributed by atoms with Gasteiger partial charge in [0.25, 0.3) is 0 Å². The molecular formula is C9H19ClO2. The minimum atomic E-state index is 0.0770. The Morgan fingerprint density at radius 2 is 1.58 bits per heavy atom. The summed E-state index contributed by atoms with van der Waals surface area (Å²) in [4.78, 5) is 0. The first-order valence-electron chi connectivity index (χ1n) is 4.12. The summed E-state index contributed by atoms with van der Waals surface area (Å²) in [5.74, 6) is 0.995. The van der Waals surface area contributed by atoms with Crippen LogP contribution >= 0.6 is 11.6 Å². The Balaban J connectivity index is 4.07. The van der Waals surface area contributed by atoms with E-state index in [4.69, 9.17) is 21.1 Å². The average molecular weight is 195 g/mol. The first-order valence-corrected chi connectivity index (χ1v) is 4.65. The molecule has 0 saturated heterocycles. The van der Waals surface area contributed by atoms with Gasteiger partial charge < -0.3 is 9.47 Å². The maximum atomic E-state index is 5.85. The van der Waals surface area contributed by atoms with Crippen LogP contribution in [0.4, 0.5) is 0 Å². The first-order chi connectivity index (χ1) is 5.58. The highest BCUT2D eigenvalue weighted by Gasteiger charge is 2.28. The quantitative estimate of drug-likeness (QED) is 0.604. The number of methoxy groups -OCH3 is 2. The molecule has 0 atom stereocenters. The molecule has 0 unspecified atom stereocenters. The molecular weight excluding hydrogens is 176 g/mol. The van der Waals surface area contributed by atoms with Gasteiger partial charge in [0.15, 0.2) is 0 Å². The van der Waals surface area contributed by atoms with E-state index in [1.54, 1.807) is 14.2 Å². The lowest BCUT2D eigenvalue weighted by Gasteiger charge is -2.31. The largest absolute Gasteiger partial charge is 0.384 e. The van der Waals surface area contributed by atoms with Crippen molar-refractivity contribution >= 4 is 11.6 Å². The van der Waals surface area contributed by atoms with E-state index in [9.17, 15) is 0 Å². The van der Waals surface area contributed by atoms with Crippen LogP contribution in [0.2, 0.25) is 0 Å². The van der Waals surface area contributed by atoms with Gasteiger partial charge >= 0.3 is 0 Å². The molecule has 0 aliphatic rings. The molecule has 0 aliphatic heterocycles. The van der Waals surface area contributed by atoms with Crippen molar-refractivity contribution in [3.05, 3.63) is 0 Å². The van der Waals surface area contributed by atoms with Gasteiger partial charge in [-0.2, -0.15) is 0 Å². The van der Waals surface area contributed by atoms with Gasteiger partial charge in [-0.25, -0.2) is 0 Å². The molecule has 0 heterocycles. The fourth-order valence-corrected chi connectivity index (χ4v) is 1.23. The van der Waals surface area contributed by atoms with Crippen molar-refractivity contribution in [2.24, 2.45) is 11.3 Å². The molecule has 3 heteroatoms. The Morgan fingerprint density at radius 1 is 1.17 bits per heavy atom. The number of ether oxygens (including phenoxy) is 2. The molecule has 0 fully saturated rings. The van der Waals surface area contributed by atoms with Gasteiger partial charge in [0.2, 0.25) is 0 Å². The van der Waals surface area contributed by atoms with Crippen molar-refractivity contribution in [3.63, 3.8) is 0 Å². The highest BCUT2D eigenvalue weighted by Crippen LogP contribution is 2.28. The third-order valence-electron chi connectivity index (χ3n) is 2.19. The van der Waals surface area contributed by atoms with Gasteiger partial charge in [0.1, 0.15) is 0 Å². The van der Waals surface area contributed by atoms with Crippen LogP contribution in [0.25, 0.3) is 0 Å². The average Bonchev–Trinajstić information content (AvgIpc) is 2.04. The molecule has 0 rings (SSSR count). The number of halogens is 1. The number of rotatable bonds is 6. The minimum absolute atomic E-state index is 0.0770. The second-order valence-electron chi connectivity index (χ2n) is 3.73. The van der Waals surface area contributed by atoms with Crippen LogP contribution in [0, 0.1) is 11.3 Å². The van der Waals surface area contributed by atoms with Crippen molar-refractivity contribution in [2.45, 2.75) is 13.8 Å². The fourth-order valence-electron chi connectivity index (χ4n) is 1.01. The highest BCUT2D eigenvalue weighted by molar-refractivity contribution is 6.18. The molecule has 12 heavy (non-hydrogen) atoms. The van der Waals surface area contributed by atoms with E-state index in [1.807, 2.05) is 0 Å². The molecule has 0 aromatic rings. The van der Waals surface area contributed by atoms with Gasteiger partial charge in [0, 0.05) is 26.0 Å². The number of alkyl halides is 1. The first kappa shape index (κ1) is 12.2. The molecule has 2 nitrogen and oxygen atoms in total. The van der Waals surface area contributed by atoms with Crippen LogP contribution in [-0.4, -0.2) is 33.3 Å². The molecule has 0 aliphatic carbocycles. The molecule has 0 bridgehead atoms. The van der Waals surface area contributed by atoms with Gasteiger partial charge in [-0.15, -0.1) is 11.6 Å². The molecule has 0 amide bonds. The van der Waals surface area contributed by atoms with E-state index >= 15 is 0 Å². The van der Waals surface area contributed by atoms with E-state index in [2.05, 4.69) is 13.8 Å². The third-order valence-corrected chi connectivity index (χ3v) is 2.87. The predicted octanol–water partition coefficient (Wildman–Crippen LogP) is 2.16. The summed E-state index contributed by atoms with van der Waals surface area (Å²) in [5.41, 5.74) is 0.0770. The van der Waals surface area contributed by atoms with Crippen LogP contribution in [0.1, 0.15) is 13.8 Å². The monoisotopic (exact) mass is 194 g/mol. The van der Waals surface area contributed by atoms with Gasteiger partial charge in [0.05, 0.1) is 13.2 Å². The molecule has 0 N–H and O–H groups in total. The molecule has 0 radical (unpaired) electrons. The Hall–Kier alpha value is 0.210. The van der Waals surface area contributed by atoms with Crippen LogP contribution in [-0.2, 0) is 9.47 Å². The summed E-state index contributed by atoms with van der Waals surface area (Å²) in [6.07, 6.45) is 0. The zero-order valence-corrected chi connectivity index (χ0v) is 9.15. The molecule has 0 spiro atoms. The second-order valence-corrected chi connectivity index (χ2v) is 4.00. The molecule has 0 saturated carbocycles. The second kappa shape index (κ2) is 5.79. The lowest BCUT2D eigenvalue weighted by Crippen LogP contribution is -2.32. The number of hydrogen-bond acceptors (Lipinski definition) is 2. The Kier molecular flexibility index (Phi) is 5.89. The van der Waals surface area contributed by atoms with E-state index < -0.39 is 0 Å². The van der Waals surface area contributed by atoms with Crippen LogP contribution in [0.5, 0.6) is 0 Å². The van der Waals surface area contributed by atoms with Crippen LogP contribution in [0.15, 0.2) is 0 Å². The standard InChI is InChI=1S/C9H19ClO2/c1-9(2,7-10)8(5-11-3)6-12-4/h8H,5-7H2,1-4H3. The van der Waals surface area contributed by atoms with Gasteiger partial charge in [-0.3, -0.25) is 0 Å². The van der Waals surface area contributed by atoms with E-state index in [1.165, 1.54) is 0 Å². The lowest BCUT2D eigenvalue weighted by atomic mass is 9.81. The van der Waals surface area contributed by atoms with Crippen molar-refractivity contribution < 1.29 is 9.47 Å². The smallest absolute Gasteiger partial charge is 0.0518 e. The topological polar surface area (TPSA) is 18.5 Å². The lowest BCUT2D eigenvalue weighted by molar-refractivity contribution is 0.0303. The van der Waals surface area contributed by atoms with Gasteiger partial charge in [-0.05, 0) is 5.41 Å². The van der Waals surface area contributed by atoms with Crippen molar-refractivity contribution in [1.29, 1.82) is 0 Å². The maximum Gasteiger partial charge on any atom is 0.0518 e. The summed E-state index contributed by atoms with van der Waals surface area (Å²) in [6.45, 7) is 5.66. The van der Waals surface area contributed by atoms with E-state index in [0.29, 0.717) is 25.0 Å². The Bertz CT molecular complexity index is 109. The highest BCUT2D eigenvalue weighted by atomic mass is 35.5. The summed E-state index contributed by atoms with van der Waals surface area (Å²) >= 11 is 5.85. The zero-order valence-electron chi connectivity index (χ0n) is 8.39. The summed E-state index contributed by atoms with van der Waals surface area (Å²) in [5, 5.41) is 0. The summed E-state index contributed by atoms with van der Waals surface area (Å²) < 4.78 is 10.2. The van der Waals surface area contributed by atoms with Gasteiger partial charge in [-0.1, -0.05) is 13.8 Å². The SMILES string of the molecule is COCC(COC)C(C)(C)CCl. The predicted molar refractivity (Wildman–Crippen MR) is 51.7 cm³/mol. The Labute approximate surface area is 80.2 Å². The zero-order chi connectivity index (χ0) is 9.61. The normalized spacial score (nSPS) is 12.5. The molecule has 0 aromatic carbocycles. The van der Waals surface area contributed by atoms with Crippen LogP contribution < -0.4 is 0 Å². The van der Waals surface area contributed by atoms with Crippen LogP contribution in [0.3, 0.4) is 0 Å². The summed E-state index contributed by atoms with van der Waals surface area (Å²) in [7, 11) is 3.40. The third kappa shape index (κ3) is 3.74. The van der Waals surface area contributed by atoms with E-state index in [0.717, 1.165) is 0 Å². The fraction of sp³-hybridized carbons (Fsp3) is 1.00. The molecule has 0 aromatic heterocycles. The molecule has 74 valence electrons. The minimum Gasteiger partial charge on any atom is -0.384 e. The Morgan fingerprint density at radius 3 is 1.83 bits per heavy atom. The van der Waals surface area contributed by atoms with Crippen molar-refractivity contribution in [2.75, 3.05) is 33.3 Å². The van der Waals surface area contributed by atoms with Crippen molar-refractivity contribution in [1.82, 2.24) is 0 Å². The van der Waals surface area contributed by atoms with E-state index in [-0.39, 0.29) is 5.41 Å². The van der Waals surface area contributed by atoms with Crippen molar-refractivity contribution in [3.8, 4) is 0 Å². The number of hydrogen-bond donors (Lipinski definition) is 0. The maximum absolute atomic E-state index is 5.85. The summed E-state index contributed by atoms with van der Waals surface area (Å²) in [6, 6.07) is 0.